The van der Waals surface area contributed by atoms with Gasteiger partial charge in [-0.05, 0) is 55.5 Å². The predicted molar refractivity (Wildman–Crippen MR) is 80.1 cm³/mol. The Hall–Kier alpha value is -1.87. The van der Waals surface area contributed by atoms with E-state index in [1.165, 1.54) is 29.5 Å². The number of aromatic nitrogens is 1. The molecule has 1 N–H and O–H groups in total. The number of hydrogen-bond donors (Lipinski definition) is 1. The fourth-order valence-corrected chi connectivity index (χ4v) is 2.24. The third-order valence-corrected chi connectivity index (χ3v) is 3.39. The highest BCUT2D eigenvalue weighted by molar-refractivity contribution is 5.35. The van der Waals surface area contributed by atoms with Crippen LogP contribution in [0.15, 0.2) is 36.5 Å². The summed E-state index contributed by atoms with van der Waals surface area (Å²) in [5, 5.41) is 3.48. The number of nitrogens with zero attached hydrogens (tertiary/aromatic N) is 1. The van der Waals surface area contributed by atoms with Crippen molar-refractivity contribution in [1.29, 1.82) is 0 Å². The van der Waals surface area contributed by atoms with Crippen LogP contribution in [-0.4, -0.2) is 11.0 Å². The predicted octanol–water partition coefficient (Wildman–Crippen LogP) is 3.74. The highest BCUT2D eigenvalue weighted by atomic mass is 16.5. The van der Waals surface area contributed by atoms with Gasteiger partial charge < -0.3 is 10.1 Å². The maximum absolute atomic E-state index is 5.80. The molecule has 2 aromatic rings. The van der Waals surface area contributed by atoms with Crippen molar-refractivity contribution in [3.8, 4) is 11.6 Å². The van der Waals surface area contributed by atoms with Crippen LogP contribution < -0.4 is 10.1 Å². The first-order valence-corrected chi connectivity index (χ1v) is 7.13. The Labute approximate surface area is 120 Å². The van der Waals surface area contributed by atoms with Crippen molar-refractivity contribution in [3.63, 3.8) is 0 Å². The highest BCUT2D eigenvalue weighted by Gasteiger charge is 2.19. The Bertz CT molecular complexity index is 568. The third kappa shape index (κ3) is 3.58. The summed E-state index contributed by atoms with van der Waals surface area (Å²) < 4.78 is 5.80. The third-order valence-electron chi connectivity index (χ3n) is 3.39. The molecule has 0 saturated heterocycles. The molecule has 20 heavy (non-hydrogen) atoms. The van der Waals surface area contributed by atoms with Crippen molar-refractivity contribution in [2.75, 3.05) is 0 Å². The van der Waals surface area contributed by atoms with E-state index in [2.05, 4.69) is 36.3 Å². The summed E-state index contributed by atoms with van der Waals surface area (Å²) in [6.07, 6.45) is 4.50. The van der Waals surface area contributed by atoms with Gasteiger partial charge in [0, 0.05) is 24.8 Å². The average molecular weight is 268 g/mol. The Morgan fingerprint density at radius 3 is 2.50 bits per heavy atom. The van der Waals surface area contributed by atoms with E-state index in [0.717, 1.165) is 18.3 Å². The van der Waals surface area contributed by atoms with Crippen LogP contribution in [-0.2, 0) is 6.54 Å². The van der Waals surface area contributed by atoms with Gasteiger partial charge in [0.2, 0.25) is 5.88 Å². The van der Waals surface area contributed by atoms with Crippen molar-refractivity contribution in [1.82, 2.24) is 10.3 Å². The first kappa shape index (κ1) is 13.1. The van der Waals surface area contributed by atoms with Crippen molar-refractivity contribution >= 4 is 0 Å². The number of aryl methyl sites for hydroxylation is 2. The lowest BCUT2D eigenvalue weighted by Crippen LogP contribution is -2.15. The Balaban J connectivity index is 1.64. The van der Waals surface area contributed by atoms with Gasteiger partial charge in [-0.15, -0.1) is 0 Å². The zero-order chi connectivity index (χ0) is 13.9. The Kier molecular flexibility index (Phi) is 3.70. The summed E-state index contributed by atoms with van der Waals surface area (Å²) in [4.78, 5) is 4.37. The number of benzene rings is 1. The minimum atomic E-state index is 0.644. The molecule has 1 fully saturated rings. The second-order valence-electron chi connectivity index (χ2n) is 5.59. The second-order valence-corrected chi connectivity index (χ2v) is 5.59. The lowest BCUT2D eigenvalue weighted by atomic mass is 10.1. The van der Waals surface area contributed by atoms with E-state index in [4.69, 9.17) is 4.74 Å². The molecule has 0 unspecified atom stereocenters. The van der Waals surface area contributed by atoms with Crippen LogP contribution in [0.5, 0.6) is 11.6 Å². The first-order chi connectivity index (χ1) is 9.69. The number of pyridine rings is 1. The highest BCUT2D eigenvalue weighted by Crippen LogP contribution is 2.23. The smallest absolute Gasteiger partial charge is 0.219 e. The largest absolute Gasteiger partial charge is 0.439 e. The molecule has 0 atom stereocenters. The fourth-order valence-electron chi connectivity index (χ4n) is 2.24. The molecule has 0 amide bonds. The van der Waals surface area contributed by atoms with Gasteiger partial charge in [-0.25, -0.2) is 4.98 Å². The minimum absolute atomic E-state index is 0.644. The van der Waals surface area contributed by atoms with Gasteiger partial charge in [0.25, 0.3) is 0 Å². The molecular weight excluding hydrogens is 248 g/mol. The van der Waals surface area contributed by atoms with Crippen molar-refractivity contribution in [3.05, 3.63) is 53.2 Å². The van der Waals surface area contributed by atoms with Crippen molar-refractivity contribution in [2.45, 2.75) is 39.3 Å². The topological polar surface area (TPSA) is 34.1 Å². The van der Waals surface area contributed by atoms with E-state index in [1.54, 1.807) is 0 Å². The molecule has 1 aromatic heterocycles. The SMILES string of the molecule is Cc1cc(C)cc(Oc2ccc(CNC3CC3)cn2)c1. The molecule has 1 heterocycles. The average Bonchev–Trinajstić information content (AvgIpc) is 3.21. The standard InChI is InChI=1S/C17H20N2O/c1-12-7-13(2)9-16(8-12)20-17-6-3-14(11-19-17)10-18-15-4-5-15/h3,6-9,11,15,18H,4-5,10H2,1-2H3. The van der Waals surface area contributed by atoms with E-state index in [0.29, 0.717) is 5.88 Å². The number of nitrogens with one attached hydrogen (secondary N) is 1. The Morgan fingerprint density at radius 1 is 1.15 bits per heavy atom. The zero-order valence-corrected chi connectivity index (χ0v) is 12.0. The van der Waals surface area contributed by atoms with Gasteiger partial charge in [-0.3, -0.25) is 0 Å². The van der Waals surface area contributed by atoms with Crippen LogP contribution >= 0.6 is 0 Å². The van der Waals surface area contributed by atoms with E-state index in [-0.39, 0.29) is 0 Å². The molecule has 3 nitrogen and oxygen atoms in total. The van der Waals surface area contributed by atoms with Gasteiger partial charge in [0.05, 0.1) is 0 Å². The summed E-state index contributed by atoms with van der Waals surface area (Å²) in [6.45, 7) is 5.03. The minimum Gasteiger partial charge on any atom is -0.439 e. The number of ether oxygens (including phenoxy) is 1. The van der Waals surface area contributed by atoms with Gasteiger partial charge in [0.15, 0.2) is 0 Å². The molecule has 104 valence electrons. The monoisotopic (exact) mass is 268 g/mol. The van der Waals surface area contributed by atoms with Crippen LogP contribution in [0.1, 0.15) is 29.5 Å². The van der Waals surface area contributed by atoms with Crippen LogP contribution in [0.2, 0.25) is 0 Å². The lowest BCUT2D eigenvalue weighted by Gasteiger charge is -2.08. The van der Waals surface area contributed by atoms with E-state index in [9.17, 15) is 0 Å². The maximum atomic E-state index is 5.80. The summed E-state index contributed by atoms with van der Waals surface area (Å²) in [6, 6.07) is 10.9. The van der Waals surface area contributed by atoms with Gasteiger partial charge in [-0.2, -0.15) is 0 Å². The molecule has 0 bridgehead atoms. The van der Waals surface area contributed by atoms with Crippen molar-refractivity contribution < 1.29 is 4.74 Å². The number of hydrogen-bond acceptors (Lipinski definition) is 3. The summed E-state index contributed by atoms with van der Waals surface area (Å²) in [7, 11) is 0. The zero-order valence-electron chi connectivity index (χ0n) is 12.0. The Morgan fingerprint density at radius 2 is 1.90 bits per heavy atom. The lowest BCUT2D eigenvalue weighted by molar-refractivity contribution is 0.461. The normalized spacial score (nSPS) is 14.3. The van der Waals surface area contributed by atoms with Crippen molar-refractivity contribution in [2.24, 2.45) is 0 Å². The van der Waals surface area contributed by atoms with Gasteiger partial charge >= 0.3 is 0 Å². The van der Waals surface area contributed by atoms with Crippen LogP contribution in [0.3, 0.4) is 0 Å². The molecule has 1 aliphatic rings. The molecule has 0 aliphatic heterocycles. The summed E-state index contributed by atoms with van der Waals surface area (Å²) in [5.74, 6) is 1.49. The molecule has 3 heteroatoms. The van der Waals surface area contributed by atoms with Crippen LogP contribution in [0.25, 0.3) is 0 Å². The molecular formula is C17H20N2O. The molecule has 0 radical (unpaired) electrons. The molecule has 1 aliphatic carbocycles. The van der Waals surface area contributed by atoms with E-state index < -0.39 is 0 Å². The van der Waals surface area contributed by atoms with Crippen LogP contribution in [0, 0.1) is 13.8 Å². The quantitative estimate of drug-likeness (QED) is 0.897. The molecule has 1 saturated carbocycles. The molecule has 3 rings (SSSR count). The summed E-state index contributed by atoms with van der Waals surface area (Å²) in [5.41, 5.74) is 3.60. The molecule has 1 aromatic carbocycles. The number of rotatable bonds is 5. The van der Waals surface area contributed by atoms with Crippen LogP contribution in [0.4, 0.5) is 0 Å². The maximum Gasteiger partial charge on any atom is 0.219 e. The van der Waals surface area contributed by atoms with Gasteiger partial charge in [-0.1, -0.05) is 12.1 Å². The fraction of sp³-hybridized carbons (Fsp3) is 0.353. The van der Waals surface area contributed by atoms with E-state index >= 15 is 0 Å². The second kappa shape index (κ2) is 5.63. The summed E-state index contributed by atoms with van der Waals surface area (Å²) >= 11 is 0. The van der Waals surface area contributed by atoms with Gasteiger partial charge in [0.1, 0.15) is 5.75 Å². The first-order valence-electron chi connectivity index (χ1n) is 7.13. The van der Waals surface area contributed by atoms with E-state index in [1.807, 2.05) is 24.4 Å². The molecule has 0 spiro atoms.